The lowest BCUT2D eigenvalue weighted by Gasteiger charge is -2.17. The second-order valence-corrected chi connectivity index (χ2v) is 6.66. The lowest BCUT2D eigenvalue weighted by molar-refractivity contribution is 0.103. The highest BCUT2D eigenvalue weighted by atomic mass is 32.2. The van der Waals surface area contributed by atoms with E-state index < -0.39 is 16.9 Å². The summed E-state index contributed by atoms with van der Waals surface area (Å²) in [5, 5.41) is 13.1. The van der Waals surface area contributed by atoms with Crippen LogP contribution in [0.4, 0.5) is 0 Å². The number of hydrogen-bond donors (Lipinski definition) is 2. The van der Waals surface area contributed by atoms with E-state index in [1.54, 1.807) is 6.26 Å². The lowest BCUT2D eigenvalue weighted by atomic mass is 10.2. The number of aryl methyl sites for hydroxylation is 1. The van der Waals surface area contributed by atoms with Gasteiger partial charge in [0.2, 0.25) is 0 Å². The monoisotopic (exact) mass is 299 g/mol. The third kappa shape index (κ3) is 7.03. The fraction of sp³-hybridized carbons (Fsp3) is 0.600. The molecule has 20 heavy (non-hydrogen) atoms. The van der Waals surface area contributed by atoms with Crippen LogP contribution in [0.3, 0.4) is 0 Å². The molecule has 0 fully saturated rings. The first kappa shape index (κ1) is 17.1. The van der Waals surface area contributed by atoms with Crippen LogP contribution in [0.1, 0.15) is 18.9 Å². The summed E-state index contributed by atoms with van der Waals surface area (Å²) in [5.74, 6) is 1.49. The third-order valence-electron chi connectivity index (χ3n) is 3.07. The van der Waals surface area contributed by atoms with E-state index in [0.717, 1.165) is 17.7 Å². The van der Waals surface area contributed by atoms with Crippen molar-refractivity contribution in [1.29, 1.82) is 0 Å². The predicted molar refractivity (Wildman–Crippen MR) is 83.7 cm³/mol. The standard InChI is InChI=1S/C15H25NO3S/c1-12-6-4-5-7-15(12)19-11-14(17)10-16-13(2)8-9-20(3)18/h4-7,13-14,16-17H,8-11H2,1-3H3. The van der Waals surface area contributed by atoms with Crippen molar-refractivity contribution in [2.45, 2.75) is 32.4 Å². The number of hydrogen-bond acceptors (Lipinski definition) is 4. The van der Waals surface area contributed by atoms with Crippen molar-refractivity contribution in [2.75, 3.05) is 25.2 Å². The lowest BCUT2D eigenvalue weighted by Crippen LogP contribution is -2.37. The van der Waals surface area contributed by atoms with E-state index in [1.807, 2.05) is 38.1 Å². The Labute approximate surface area is 124 Å². The molecule has 5 heteroatoms. The minimum atomic E-state index is -0.759. The van der Waals surface area contributed by atoms with Gasteiger partial charge in [-0.05, 0) is 31.9 Å². The Morgan fingerprint density at radius 2 is 2.10 bits per heavy atom. The van der Waals surface area contributed by atoms with Gasteiger partial charge in [-0.15, -0.1) is 0 Å². The Morgan fingerprint density at radius 3 is 2.75 bits per heavy atom. The van der Waals surface area contributed by atoms with Crippen molar-refractivity contribution in [3.8, 4) is 5.75 Å². The second kappa shape index (κ2) is 9.10. The summed E-state index contributed by atoms with van der Waals surface area (Å²) in [5.41, 5.74) is 1.06. The molecule has 0 saturated carbocycles. The number of aliphatic hydroxyl groups is 1. The SMILES string of the molecule is Cc1ccccc1OCC(O)CNC(C)CCS(C)=O. The maximum absolute atomic E-state index is 11.0. The summed E-state index contributed by atoms with van der Waals surface area (Å²) in [4.78, 5) is 0. The highest BCUT2D eigenvalue weighted by molar-refractivity contribution is 7.84. The summed E-state index contributed by atoms with van der Waals surface area (Å²) in [6.45, 7) is 4.75. The highest BCUT2D eigenvalue weighted by Gasteiger charge is 2.09. The van der Waals surface area contributed by atoms with Gasteiger partial charge in [0.15, 0.2) is 0 Å². The van der Waals surface area contributed by atoms with Crippen molar-refractivity contribution in [2.24, 2.45) is 0 Å². The van der Waals surface area contributed by atoms with E-state index in [0.29, 0.717) is 12.3 Å². The molecular formula is C15H25NO3S. The van der Waals surface area contributed by atoms with Gasteiger partial charge < -0.3 is 15.2 Å². The first-order valence-corrected chi connectivity index (χ1v) is 8.61. The van der Waals surface area contributed by atoms with E-state index in [-0.39, 0.29) is 12.6 Å². The molecule has 2 N–H and O–H groups in total. The van der Waals surface area contributed by atoms with Gasteiger partial charge in [-0.25, -0.2) is 0 Å². The molecule has 1 aromatic carbocycles. The number of benzene rings is 1. The Morgan fingerprint density at radius 1 is 1.40 bits per heavy atom. The maximum atomic E-state index is 11.0. The van der Waals surface area contributed by atoms with Crippen molar-refractivity contribution >= 4 is 10.8 Å². The van der Waals surface area contributed by atoms with E-state index in [1.165, 1.54) is 0 Å². The first-order valence-electron chi connectivity index (χ1n) is 6.89. The smallest absolute Gasteiger partial charge is 0.122 e. The van der Waals surface area contributed by atoms with Gasteiger partial charge in [-0.1, -0.05) is 18.2 Å². The number of nitrogens with one attached hydrogen (secondary N) is 1. The molecule has 3 unspecified atom stereocenters. The van der Waals surface area contributed by atoms with Gasteiger partial charge in [0.05, 0.1) is 0 Å². The van der Waals surface area contributed by atoms with Gasteiger partial charge >= 0.3 is 0 Å². The quantitative estimate of drug-likeness (QED) is 0.725. The molecule has 0 spiro atoms. The molecule has 3 atom stereocenters. The average molecular weight is 299 g/mol. The summed E-state index contributed by atoms with van der Waals surface area (Å²) in [7, 11) is -0.759. The van der Waals surface area contributed by atoms with Gasteiger partial charge in [-0.3, -0.25) is 4.21 Å². The molecule has 114 valence electrons. The zero-order valence-electron chi connectivity index (χ0n) is 12.5. The van der Waals surface area contributed by atoms with Crippen LogP contribution in [0.25, 0.3) is 0 Å². The van der Waals surface area contributed by atoms with Crippen LogP contribution < -0.4 is 10.1 Å². The van der Waals surface area contributed by atoms with E-state index in [4.69, 9.17) is 4.74 Å². The average Bonchev–Trinajstić information content (AvgIpc) is 2.42. The largest absolute Gasteiger partial charge is 0.491 e. The molecule has 0 aliphatic heterocycles. The minimum absolute atomic E-state index is 0.243. The fourth-order valence-electron chi connectivity index (χ4n) is 1.75. The minimum Gasteiger partial charge on any atom is -0.491 e. The van der Waals surface area contributed by atoms with Crippen LogP contribution in [-0.4, -0.2) is 46.6 Å². The Hall–Kier alpha value is -0.910. The first-order chi connectivity index (χ1) is 9.49. The molecule has 1 aromatic rings. The number of para-hydroxylation sites is 1. The van der Waals surface area contributed by atoms with E-state index in [9.17, 15) is 9.32 Å². The molecule has 0 heterocycles. The number of aliphatic hydroxyl groups excluding tert-OH is 1. The maximum Gasteiger partial charge on any atom is 0.122 e. The van der Waals surface area contributed by atoms with E-state index in [2.05, 4.69) is 5.32 Å². The number of rotatable bonds is 9. The van der Waals surface area contributed by atoms with Crippen molar-refractivity contribution < 1.29 is 14.1 Å². The topological polar surface area (TPSA) is 58.6 Å². The summed E-state index contributed by atoms with van der Waals surface area (Å²) >= 11 is 0. The number of ether oxygens (including phenoxy) is 1. The normalized spacial score (nSPS) is 15.6. The van der Waals surface area contributed by atoms with Crippen LogP contribution in [0.2, 0.25) is 0 Å². The van der Waals surface area contributed by atoms with Crippen LogP contribution in [0.15, 0.2) is 24.3 Å². The van der Waals surface area contributed by atoms with Crippen LogP contribution >= 0.6 is 0 Å². The molecule has 1 rings (SSSR count). The molecule has 0 bridgehead atoms. The molecule has 0 aliphatic rings. The molecule has 0 saturated heterocycles. The van der Waals surface area contributed by atoms with Gasteiger partial charge in [-0.2, -0.15) is 0 Å². The van der Waals surface area contributed by atoms with E-state index >= 15 is 0 Å². The van der Waals surface area contributed by atoms with Crippen molar-refractivity contribution in [3.05, 3.63) is 29.8 Å². The van der Waals surface area contributed by atoms with Gasteiger partial charge in [0, 0.05) is 35.4 Å². The summed E-state index contributed by atoms with van der Waals surface area (Å²) in [6, 6.07) is 7.99. The summed E-state index contributed by atoms with van der Waals surface area (Å²) < 4.78 is 16.6. The molecule has 0 aliphatic carbocycles. The van der Waals surface area contributed by atoms with Gasteiger partial charge in [0.25, 0.3) is 0 Å². The molecule has 0 aromatic heterocycles. The highest BCUT2D eigenvalue weighted by Crippen LogP contribution is 2.16. The zero-order valence-corrected chi connectivity index (χ0v) is 13.3. The molecule has 0 amide bonds. The predicted octanol–water partition coefficient (Wildman–Crippen LogP) is 1.48. The zero-order chi connectivity index (χ0) is 15.0. The molecule has 4 nitrogen and oxygen atoms in total. The van der Waals surface area contributed by atoms with Crippen molar-refractivity contribution in [1.82, 2.24) is 5.32 Å². The van der Waals surface area contributed by atoms with Crippen LogP contribution in [0.5, 0.6) is 5.75 Å². The van der Waals surface area contributed by atoms with Crippen LogP contribution in [0, 0.1) is 6.92 Å². The fourth-order valence-corrected chi connectivity index (χ4v) is 2.43. The Bertz CT molecular complexity index is 425. The Balaban J connectivity index is 2.22. The Kier molecular flexibility index (Phi) is 7.80. The van der Waals surface area contributed by atoms with Crippen LogP contribution in [-0.2, 0) is 10.8 Å². The molecule has 0 radical (unpaired) electrons. The second-order valence-electron chi connectivity index (χ2n) is 5.11. The van der Waals surface area contributed by atoms with Gasteiger partial charge in [0.1, 0.15) is 18.5 Å². The molecular weight excluding hydrogens is 274 g/mol. The van der Waals surface area contributed by atoms with Crippen molar-refractivity contribution in [3.63, 3.8) is 0 Å². The summed E-state index contributed by atoms with van der Waals surface area (Å²) in [6.07, 6.45) is 2.00. The third-order valence-corrected chi connectivity index (χ3v) is 3.88.